The Morgan fingerprint density at radius 3 is 1.45 bits per heavy atom. The summed E-state index contributed by atoms with van der Waals surface area (Å²) in [7, 11) is -12.3. The maximum Gasteiger partial charge on any atom is 0.506 e. The third-order valence-electron chi connectivity index (χ3n) is 3.82. The lowest BCUT2D eigenvalue weighted by Gasteiger charge is -2.37. The van der Waals surface area contributed by atoms with Gasteiger partial charge in [-0.1, -0.05) is 0 Å². The molecule has 2 N–H and O–H groups in total. The SMILES string of the molecule is C[Si](C)(C)O[SiH](CCCC(OO[Si](C)(O[Si](C)(C)C)O[Si](C)(C)C)C(O)CO)O[Si](C)(C)C. The van der Waals surface area contributed by atoms with E-state index in [1.54, 1.807) is 0 Å². The molecule has 0 aliphatic rings. The van der Waals surface area contributed by atoms with Crippen molar-refractivity contribution in [3.8, 4) is 0 Å². The Bertz CT molecular complexity index is 524. The second-order valence-corrected chi connectivity index (χ2v) is 36.3. The minimum absolute atomic E-state index is 0.409. The molecule has 2 unspecified atom stereocenters. The first-order valence-corrected chi connectivity index (χ1v) is 29.6. The van der Waals surface area contributed by atoms with Crippen LogP contribution in [-0.2, 0) is 25.9 Å². The lowest BCUT2D eigenvalue weighted by atomic mass is 10.1. The van der Waals surface area contributed by atoms with Crippen LogP contribution < -0.4 is 0 Å². The largest absolute Gasteiger partial charge is 0.506 e. The lowest BCUT2D eigenvalue weighted by molar-refractivity contribution is -0.295. The standard InChI is InChI=1S/C19H52O8Si6/c1-29(2,3)24-28(25-30(4,5)6)16-14-15-19(18(21)17-20)22-23-33(13,26-31(7,8)9)27-32(10,11)12/h18-21,28H,14-17H2,1-13H3. The predicted molar refractivity (Wildman–Crippen MR) is 150 cm³/mol. The van der Waals surface area contributed by atoms with E-state index < -0.39 is 70.2 Å². The first kappa shape index (κ1) is 34.0. The third-order valence-corrected chi connectivity index (χ3v) is 20.7. The highest BCUT2D eigenvalue weighted by Crippen LogP contribution is 2.24. The Labute approximate surface area is 209 Å². The highest BCUT2D eigenvalue weighted by atomic mass is 28.5. The monoisotopic (exact) mass is 576 g/mol. The second-order valence-electron chi connectivity index (χ2n) is 12.6. The van der Waals surface area contributed by atoms with E-state index in [0.29, 0.717) is 6.42 Å². The molecule has 0 saturated carbocycles. The molecule has 0 aromatic rings. The van der Waals surface area contributed by atoms with Crippen LogP contribution in [0.15, 0.2) is 0 Å². The van der Waals surface area contributed by atoms with Gasteiger partial charge in [0.1, 0.15) is 12.2 Å². The van der Waals surface area contributed by atoms with Crippen LogP contribution >= 0.6 is 0 Å². The van der Waals surface area contributed by atoms with E-state index in [1.165, 1.54) is 0 Å². The fraction of sp³-hybridized carbons (Fsp3) is 1.00. The fourth-order valence-electron chi connectivity index (χ4n) is 3.15. The van der Waals surface area contributed by atoms with Crippen molar-refractivity contribution in [2.45, 2.75) is 116 Å². The Kier molecular flexibility index (Phi) is 13.9. The van der Waals surface area contributed by atoms with Crippen LogP contribution in [0.1, 0.15) is 12.8 Å². The summed E-state index contributed by atoms with van der Waals surface area (Å²) in [4.78, 5) is 5.73. The molecule has 0 rings (SSSR count). The van der Waals surface area contributed by atoms with Crippen molar-refractivity contribution in [3.05, 3.63) is 0 Å². The smallest absolute Gasteiger partial charge is 0.439 e. The van der Waals surface area contributed by atoms with E-state index in [-0.39, 0.29) is 0 Å². The highest BCUT2D eigenvalue weighted by molar-refractivity contribution is 6.85. The van der Waals surface area contributed by atoms with Gasteiger partial charge >= 0.3 is 18.1 Å². The molecule has 0 aliphatic carbocycles. The van der Waals surface area contributed by atoms with Gasteiger partial charge in [0, 0.05) is 6.55 Å². The maximum absolute atomic E-state index is 10.4. The van der Waals surface area contributed by atoms with E-state index in [9.17, 15) is 10.2 Å². The van der Waals surface area contributed by atoms with Gasteiger partial charge in [0.05, 0.1) is 6.61 Å². The topological polar surface area (TPSA) is 95.8 Å². The van der Waals surface area contributed by atoms with E-state index in [1.807, 2.05) is 6.55 Å². The van der Waals surface area contributed by atoms with Crippen molar-refractivity contribution < 1.29 is 36.1 Å². The van der Waals surface area contributed by atoms with Gasteiger partial charge in [-0.3, -0.25) is 0 Å². The Hall–Kier alpha value is 0.981. The van der Waals surface area contributed by atoms with Crippen molar-refractivity contribution in [2.75, 3.05) is 6.61 Å². The third kappa shape index (κ3) is 18.8. The number of hydrogen-bond acceptors (Lipinski definition) is 8. The van der Waals surface area contributed by atoms with Gasteiger partial charge in [0.25, 0.3) is 0 Å². The van der Waals surface area contributed by atoms with Gasteiger partial charge in [0.2, 0.25) is 0 Å². The summed E-state index contributed by atoms with van der Waals surface area (Å²) in [6.45, 7) is 27.0. The minimum Gasteiger partial charge on any atom is -0.439 e. The quantitative estimate of drug-likeness (QED) is 0.147. The summed E-state index contributed by atoms with van der Waals surface area (Å²) in [5.41, 5.74) is 0. The average molecular weight is 577 g/mol. The molecule has 0 amide bonds. The molecular formula is C19H52O8Si6. The number of hydrogen-bond donors (Lipinski definition) is 2. The van der Waals surface area contributed by atoms with Crippen LogP contribution in [0.4, 0.5) is 0 Å². The van der Waals surface area contributed by atoms with Gasteiger partial charge in [-0.05, 0) is 97.4 Å². The zero-order chi connectivity index (χ0) is 26.3. The van der Waals surface area contributed by atoms with Crippen LogP contribution in [0.2, 0.25) is 91.2 Å². The van der Waals surface area contributed by atoms with Crippen LogP contribution in [0.3, 0.4) is 0 Å². The second kappa shape index (κ2) is 13.5. The van der Waals surface area contributed by atoms with Crippen LogP contribution in [0, 0.1) is 0 Å². The van der Waals surface area contributed by atoms with E-state index in [2.05, 4.69) is 78.6 Å². The summed E-state index contributed by atoms with van der Waals surface area (Å²) >= 11 is 0. The van der Waals surface area contributed by atoms with Gasteiger partial charge in [-0.25, -0.2) is 9.46 Å². The molecule has 0 aromatic carbocycles. The van der Waals surface area contributed by atoms with Crippen molar-refractivity contribution in [3.63, 3.8) is 0 Å². The summed E-state index contributed by atoms with van der Waals surface area (Å²) in [5.74, 6) is 0. The van der Waals surface area contributed by atoms with E-state index >= 15 is 0 Å². The Morgan fingerprint density at radius 1 is 0.697 bits per heavy atom. The average Bonchev–Trinajstić information content (AvgIpc) is 2.50. The first-order valence-electron chi connectivity index (χ1n) is 11.9. The van der Waals surface area contributed by atoms with Gasteiger partial charge < -0.3 is 26.7 Å². The van der Waals surface area contributed by atoms with Crippen LogP contribution in [-0.4, -0.2) is 80.4 Å². The van der Waals surface area contributed by atoms with Gasteiger partial charge in [0.15, 0.2) is 33.3 Å². The molecule has 0 saturated heterocycles. The normalized spacial score (nSPS) is 16.4. The van der Waals surface area contributed by atoms with Crippen molar-refractivity contribution in [1.29, 1.82) is 0 Å². The Balaban J connectivity index is 5.24. The van der Waals surface area contributed by atoms with Crippen molar-refractivity contribution >= 4 is 51.4 Å². The number of rotatable bonds is 17. The molecule has 0 aromatic heterocycles. The van der Waals surface area contributed by atoms with Crippen molar-refractivity contribution in [1.82, 2.24) is 0 Å². The van der Waals surface area contributed by atoms with Crippen LogP contribution in [0.5, 0.6) is 0 Å². The summed E-state index contributed by atoms with van der Waals surface area (Å²) in [6, 6.07) is 0.818. The zero-order valence-electron chi connectivity index (χ0n) is 23.4. The number of aliphatic hydroxyl groups excluding tert-OH is 2. The van der Waals surface area contributed by atoms with E-state index in [4.69, 9.17) is 25.9 Å². The van der Waals surface area contributed by atoms with Gasteiger partial charge in [-0.2, -0.15) is 0 Å². The van der Waals surface area contributed by atoms with Crippen LogP contribution in [0.25, 0.3) is 0 Å². The first-order chi connectivity index (χ1) is 14.5. The molecule has 33 heavy (non-hydrogen) atoms. The molecule has 0 radical (unpaired) electrons. The zero-order valence-corrected chi connectivity index (χ0v) is 29.6. The Morgan fingerprint density at radius 2 is 1.12 bits per heavy atom. The molecule has 0 heterocycles. The predicted octanol–water partition coefficient (Wildman–Crippen LogP) is 4.63. The molecule has 0 spiro atoms. The lowest BCUT2D eigenvalue weighted by Crippen LogP contribution is -2.55. The molecule has 8 nitrogen and oxygen atoms in total. The van der Waals surface area contributed by atoms with Crippen molar-refractivity contribution in [2.24, 2.45) is 0 Å². The molecule has 0 aliphatic heterocycles. The minimum atomic E-state index is -3.09. The summed E-state index contributed by atoms with van der Waals surface area (Å²) in [5, 5.41) is 19.9. The fourth-order valence-corrected chi connectivity index (χ4v) is 21.6. The molecule has 2 atom stereocenters. The summed E-state index contributed by atoms with van der Waals surface area (Å²) < 4.78 is 31.2. The molecule has 0 fully saturated rings. The maximum atomic E-state index is 10.4. The highest BCUT2D eigenvalue weighted by Gasteiger charge is 2.45. The number of aliphatic hydroxyl groups is 2. The molecule has 0 bridgehead atoms. The summed E-state index contributed by atoms with van der Waals surface area (Å²) in [6.07, 6.45) is -0.484. The molecular weight excluding hydrogens is 525 g/mol. The molecule has 200 valence electrons. The molecule has 14 heteroatoms. The van der Waals surface area contributed by atoms with Gasteiger partial charge in [-0.15, -0.1) is 0 Å². The van der Waals surface area contributed by atoms with E-state index in [0.717, 1.165) is 12.5 Å².